The van der Waals surface area contributed by atoms with Gasteiger partial charge in [-0.1, -0.05) is 30.3 Å². The normalized spacial score (nSPS) is 11.1. The van der Waals surface area contributed by atoms with Gasteiger partial charge >= 0.3 is 5.69 Å². The molecule has 6 nitrogen and oxygen atoms in total. The highest BCUT2D eigenvalue weighted by atomic mass is 19.1. The Balaban J connectivity index is 2.14. The van der Waals surface area contributed by atoms with Gasteiger partial charge in [0.05, 0.1) is 16.1 Å². The average molecular weight is 334 g/mol. The van der Waals surface area contributed by atoms with Crippen LogP contribution in [0.15, 0.2) is 54.9 Å². The molecule has 0 aliphatic heterocycles. The number of hydrogen-bond donors (Lipinski definition) is 1. The molecule has 0 aliphatic carbocycles. The first-order valence-corrected chi connectivity index (χ1v) is 7.42. The van der Waals surface area contributed by atoms with Crippen molar-refractivity contribution in [1.29, 1.82) is 0 Å². The Bertz CT molecular complexity index is 1160. The number of rotatable bonds is 2. The first-order chi connectivity index (χ1) is 12.1. The molecular formula is C18H11FN4O2. The van der Waals surface area contributed by atoms with E-state index in [9.17, 15) is 14.5 Å². The molecule has 1 heterocycles. The second-order valence-corrected chi connectivity index (χ2v) is 5.55. The molecular weight excluding hydrogens is 323 g/mol. The molecule has 4 rings (SSSR count). The fourth-order valence-corrected chi connectivity index (χ4v) is 2.96. The number of aromatic nitrogens is 2. The van der Waals surface area contributed by atoms with Crippen LogP contribution in [0.4, 0.5) is 15.8 Å². The second kappa shape index (κ2) is 5.48. The highest BCUT2D eigenvalue weighted by Crippen LogP contribution is 2.37. The number of halogens is 1. The number of nitrogens with two attached hydrogens (primary N) is 1. The minimum absolute atomic E-state index is 0.278. The molecule has 25 heavy (non-hydrogen) atoms. The van der Waals surface area contributed by atoms with Gasteiger partial charge in [0.2, 0.25) is 5.82 Å². The van der Waals surface area contributed by atoms with Gasteiger partial charge in [-0.25, -0.2) is 9.97 Å². The summed E-state index contributed by atoms with van der Waals surface area (Å²) in [5, 5.41) is 13.3. The summed E-state index contributed by atoms with van der Waals surface area (Å²) >= 11 is 0. The number of anilines is 1. The molecule has 0 bridgehead atoms. The fourth-order valence-electron chi connectivity index (χ4n) is 2.96. The molecule has 2 N–H and O–H groups in total. The third-order valence-electron chi connectivity index (χ3n) is 4.10. The van der Waals surface area contributed by atoms with E-state index in [-0.39, 0.29) is 5.52 Å². The Morgan fingerprint density at radius 1 is 1.04 bits per heavy atom. The molecule has 0 fully saturated rings. The van der Waals surface area contributed by atoms with Crippen molar-refractivity contribution in [2.75, 3.05) is 5.73 Å². The maximum absolute atomic E-state index is 13.9. The summed E-state index contributed by atoms with van der Waals surface area (Å²) in [5.74, 6) is -0.937. The van der Waals surface area contributed by atoms with Crippen molar-refractivity contribution < 1.29 is 9.31 Å². The second-order valence-electron chi connectivity index (χ2n) is 5.55. The zero-order chi connectivity index (χ0) is 17.6. The lowest BCUT2D eigenvalue weighted by Crippen LogP contribution is -1.98. The van der Waals surface area contributed by atoms with E-state index in [1.165, 1.54) is 6.33 Å². The summed E-state index contributed by atoms with van der Waals surface area (Å²) in [6, 6.07) is 13.4. The van der Waals surface area contributed by atoms with Gasteiger partial charge in [0, 0.05) is 28.8 Å². The van der Waals surface area contributed by atoms with Crippen molar-refractivity contribution in [3.05, 3.63) is 70.8 Å². The predicted molar refractivity (Wildman–Crippen MR) is 93.5 cm³/mol. The number of benzene rings is 3. The smallest absolute Gasteiger partial charge is 0.305 e. The van der Waals surface area contributed by atoms with Crippen LogP contribution in [0.25, 0.3) is 32.9 Å². The Kier molecular flexibility index (Phi) is 3.28. The highest BCUT2D eigenvalue weighted by molar-refractivity contribution is 6.07. The topological polar surface area (TPSA) is 94.9 Å². The molecule has 7 heteroatoms. The van der Waals surface area contributed by atoms with Crippen LogP contribution in [0.5, 0.6) is 0 Å². The number of hydrogen-bond acceptors (Lipinski definition) is 5. The maximum Gasteiger partial charge on any atom is 0.305 e. The summed E-state index contributed by atoms with van der Waals surface area (Å²) in [7, 11) is 0. The molecule has 0 unspecified atom stereocenters. The zero-order valence-corrected chi connectivity index (χ0v) is 12.8. The minimum atomic E-state index is -0.937. The predicted octanol–water partition coefficient (Wildman–Crippen LogP) is 4.08. The SMILES string of the molecule is Nc1ccc2ccccc2c1-c1ncnc2cc(F)c([N+](=O)[O-])cc12. The third kappa shape index (κ3) is 2.33. The molecule has 0 aliphatic rings. The standard InChI is InChI=1S/C18H11FN4O2/c19-13-8-15-12(7-16(13)23(24)25)18(22-9-21-15)17-11-4-2-1-3-10(11)5-6-14(17)20/h1-9H,20H2. The lowest BCUT2D eigenvalue weighted by atomic mass is 9.97. The van der Waals surface area contributed by atoms with Crippen molar-refractivity contribution in [2.24, 2.45) is 0 Å². The maximum atomic E-state index is 13.9. The number of nitrogens with zero attached hydrogens (tertiary/aromatic N) is 3. The summed E-state index contributed by atoms with van der Waals surface area (Å²) < 4.78 is 13.9. The molecule has 0 saturated heterocycles. The summed E-state index contributed by atoms with van der Waals surface area (Å²) in [6.07, 6.45) is 1.30. The fraction of sp³-hybridized carbons (Fsp3) is 0. The lowest BCUT2D eigenvalue weighted by molar-refractivity contribution is -0.387. The van der Waals surface area contributed by atoms with Crippen molar-refractivity contribution in [3.8, 4) is 11.3 Å². The van der Waals surface area contributed by atoms with Crippen molar-refractivity contribution >= 4 is 33.1 Å². The van der Waals surface area contributed by atoms with Crippen molar-refractivity contribution in [3.63, 3.8) is 0 Å². The molecule has 0 atom stereocenters. The monoisotopic (exact) mass is 334 g/mol. The van der Waals surface area contributed by atoms with Crippen LogP contribution in [0.3, 0.4) is 0 Å². The number of nitro benzene ring substituents is 1. The van der Waals surface area contributed by atoms with Gasteiger partial charge in [0.1, 0.15) is 6.33 Å². The van der Waals surface area contributed by atoms with E-state index in [0.29, 0.717) is 22.3 Å². The average Bonchev–Trinajstić information content (AvgIpc) is 2.60. The Labute approximate surface area is 140 Å². The molecule has 0 amide bonds. The quantitative estimate of drug-likeness (QED) is 0.338. The largest absolute Gasteiger partial charge is 0.398 e. The minimum Gasteiger partial charge on any atom is -0.398 e. The summed E-state index contributed by atoms with van der Waals surface area (Å²) in [4.78, 5) is 18.6. The van der Waals surface area contributed by atoms with Crippen LogP contribution in [0.1, 0.15) is 0 Å². The van der Waals surface area contributed by atoms with Gasteiger partial charge in [-0.2, -0.15) is 4.39 Å². The van der Waals surface area contributed by atoms with Gasteiger partial charge in [-0.15, -0.1) is 0 Å². The Hall–Kier alpha value is -3.61. The van der Waals surface area contributed by atoms with Crippen LogP contribution in [0.2, 0.25) is 0 Å². The van der Waals surface area contributed by atoms with Gasteiger partial charge in [0.15, 0.2) is 0 Å². The molecule has 4 aromatic rings. The summed E-state index contributed by atoms with van der Waals surface area (Å²) in [5.41, 5.74) is 7.38. The highest BCUT2D eigenvalue weighted by Gasteiger charge is 2.20. The van der Waals surface area contributed by atoms with Gasteiger partial charge < -0.3 is 5.73 Å². The van der Waals surface area contributed by atoms with E-state index in [1.807, 2.05) is 30.3 Å². The first-order valence-electron chi connectivity index (χ1n) is 7.42. The molecule has 122 valence electrons. The molecule has 3 aromatic carbocycles. The first kappa shape index (κ1) is 14.9. The van der Waals surface area contributed by atoms with E-state index in [2.05, 4.69) is 9.97 Å². The van der Waals surface area contributed by atoms with E-state index in [0.717, 1.165) is 22.9 Å². The van der Waals surface area contributed by atoms with Crippen molar-refractivity contribution in [2.45, 2.75) is 0 Å². The van der Waals surface area contributed by atoms with E-state index in [4.69, 9.17) is 5.73 Å². The Morgan fingerprint density at radius 2 is 1.84 bits per heavy atom. The summed E-state index contributed by atoms with van der Waals surface area (Å²) in [6.45, 7) is 0. The van der Waals surface area contributed by atoms with E-state index < -0.39 is 16.4 Å². The van der Waals surface area contributed by atoms with Crippen LogP contribution < -0.4 is 5.73 Å². The third-order valence-corrected chi connectivity index (χ3v) is 4.10. The lowest BCUT2D eigenvalue weighted by Gasteiger charge is -2.11. The van der Waals surface area contributed by atoms with Crippen molar-refractivity contribution in [1.82, 2.24) is 9.97 Å². The van der Waals surface area contributed by atoms with E-state index >= 15 is 0 Å². The Morgan fingerprint density at radius 3 is 2.64 bits per heavy atom. The number of fused-ring (bicyclic) bond motifs is 2. The van der Waals surface area contributed by atoms with Crippen LogP contribution in [-0.4, -0.2) is 14.9 Å². The van der Waals surface area contributed by atoms with Gasteiger partial charge in [-0.3, -0.25) is 10.1 Å². The molecule has 0 radical (unpaired) electrons. The van der Waals surface area contributed by atoms with Gasteiger partial charge in [-0.05, 0) is 16.8 Å². The molecule has 1 aromatic heterocycles. The number of nitrogen functional groups attached to an aromatic ring is 1. The molecule has 0 saturated carbocycles. The van der Waals surface area contributed by atoms with Crippen LogP contribution in [-0.2, 0) is 0 Å². The van der Waals surface area contributed by atoms with Crippen LogP contribution in [0, 0.1) is 15.9 Å². The number of nitro groups is 1. The molecule has 0 spiro atoms. The van der Waals surface area contributed by atoms with Gasteiger partial charge in [0.25, 0.3) is 0 Å². The zero-order valence-electron chi connectivity index (χ0n) is 12.8. The van der Waals surface area contributed by atoms with Crippen LogP contribution >= 0.6 is 0 Å². The van der Waals surface area contributed by atoms with E-state index in [1.54, 1.807) is 6.07 Å².